The van der Waals surface area contributed by atoms with Gasteiger partial charge in [0, 0.05) is 18.7 Å². The van der Waals surface area contributed by atoms with E-state index in [-0.39, 0.29) is 5.56 Å². The maximum absolute atomic E-state index is 12.5. The maximum atomic E-state index is 12.5. The third-order valence-corrected chi connectivity index (χ3v) is 4.82. The van der Waals surface area contributed by atoms with Crippen LogP contribution in [-0.2, 0) is 6.54 Å². The number of benzene rings is 1. The highest BCUT2D eigenvalue weighted by molar-refractivity contribution is 5.81. The number of hydrogen-bond donors (Lipinski definition) is 1. The molecular formula is C19H25N3O3. The maximum Gasteiger partial charge on any atom is 0.258 e. The minimum Gasteiger partial charge on any atom is -0.493 e. The van der Waals surface area contributed by atoms with Gasteiger partial charge in [-0.1, -0.05) is 18.9 Å². The van der Waals surface area contributed by atoms with E-state index in [2.05, 4.69) is 21.4 Å². The second-order valence-electron chi connectivity index (χ2n) is 6.39. The molecular weight excluding hydrogens is 318 g/mol. The van der Waals surface area contributed by atoms with Crippen LogP contribution in [0.2, 0.25) is 0 Å². The Labute approximate surface area is 147 Å². The number of rotatable bonds is 7. The van der Waals surface area contributed by atoms with Crippen molar-refractivity contribution in [3.05, 3.63) is 41.0 Å². The Balaban J connectivity index is 1.96. The molecule has 3 rings (SSSR count). The van der Waals surface area contributed by atoms with Crippen molar-refractivity contribution in [2.45, 2.75) is 38.3 Å². The van der Waals surface area contributed by atoms with Crippen molar-refractivity contribution in [2.24, 2.45) is 0 Å². The molecule has 0 saturated heterocycles. The first-order valence-corrected chi connectivity index (χ1v) is 8.66. The van der Waals surface area contributed by atoms with E-state index in [9.17, 15) is 4.79 Å². The summed E-state index contributed by atoms with van der Waals surface area (Å²) in [5, 5.41) is 0.498. The first kappa shape index (κ1) is 17.5. The molecule has 0 atom stereocenters. The Morgan fingerprint density at radius 2 is 1.96 bits per heavy atom. The molecule has 134 valence electrons. The van der Waals surface area contributed by atoms with E-state index in [1.165, 1.54) is 25.7 Å². The van der Waals surface area contributed by atoms with Crippen LogP contribution < -0.4 is 15.0 Å². The third kappa shape index (κ3) is 3.69. The standard InChI is InChI=1S/C19H25N3O3/c1-4-9-22(13-7-5-6-8-13)12-18-20-15-11-17(25-3)16(24-2)10-14(15)19(23)21-18/h4,10-11,13H,1,5-9,12H2,2-3H3,(H,20,21,23). The molecule has 0 aliphatic heterocycles. The number of aromatic nitrogens is 2. The summed E-state index contributed by atoms with van der Waals surface area (Å²) >= 11 is 0. The van der Waals surface area contributed by atoms with Crippen molar-refractivity contribution in [1.82, 2.24) is 14.9 Å². The summed E-state index contributed by atoms with van der Waals surface area (Å²) in [6.07, 6.45) is 6.81. The van der Waals surface area contributed by atoms with Gasteiger partial charge >= 0.3 is 0 Å². The smallest absolute Gasteiger partial charge is 0.258 e. The molecule has 1 fully saturated rings. The van der Waals surface area contributed by atoms with Gasteiger partial charge in [-0.05, 0) is 18.9 Å². The van der Waals surface area contributed by atoms with Crippen LogP contribution in [0.1, 0.15) is 31.5 Å². The fraction of sp³-hybridized carbons (Fsp3) is 0.474. The highest BCUT2D eigenvalue weighted by Gasteiger charge is 2.22. The molecule has 0 radical (unpaired) electrons. The molecule has 25 heavy (non-hydrogen) atoms. The van der Waals surface area contributed by atoms with Crippen LogP contribution >= 0.6 is 0 Å². The Morgan fingerprint density at radius 1 is 1.28 bits per heavy atom. The molecule has 0 spiro atoms. The van der Waals surface area contributed by atoms with E-state index in [1.54, 1.807) is 26.4 Å². The molecule has 2 aromatic rings. The van der Waals surface area contributed by atoms with Gasteiger partial charge in [0.1, 0.15) is 5.82 Å². The van der Waals surface area contributed by atoms with Crippen molar-refractivity contribution in [1.29, 1.82) is 0 Å². The number of ether oxygens (including phenoxy) is 2. The number of methoxy groups -OCH3 is 2. The molecule has 6 nitrogen and oxygen atoms in total. The predicted molar refractivity (Wildman–Crippen MR) is 98.3 cm³/mol. The molecule has 1 saturated carbocycles. The monoisotopic (exact) mass is 343 g/mol. The van der Waals surface area contributed by atoms with Gasteiger partial charge in [0.15, 0.2) is 11.5 Å². The van der Waals surface area contributed by atoms with Crippen molar-refractivity contribution in [3.8, 4) is 11.5 Å². The summed E-state index contributed by atoms with van der Waals surface area (Å²) < 4.78 is 10.6. The quantitative estimate of drug-likeness (QED) is 0.783. The Bertz CT molecular complexity index is 809. The summed E-state index contributed by atoms with van der Waals surface area (Å²) in [4.78, 5) is 22.4. The molecule has 1 aliphatic rings. The number of fused-ring (bicyclic) bond motifs is 1. The lowest BCUT2D eigenvalue weighted by Gasteiger charge is -2.27. The van der Waals surface area contributed by atoms with Gasteiger partial charge in [-0.2, -0.15) is 0 Å². The molecule has 1 N–H and O–H groups in total. The second-order valence-corrected chi connectivity index (χ2v) is 6.39. The van der Waals surface area contributed by atoms with Crippen LogP contribution in [-0.4, -0.2) is 41.7 Å². The molecule has 1 aliphatic carbocycles. The molecule has 0 unspecified atom stereocenters. The van der Waals surface area contributed by atoms with Gasteiger partial charge in [-0.25, -0.2) is 4.98 Å². The highest BCUT2D eigenvalue weighted by atomic mass is 16.5. The minimum atomic E-state index is -0.161. The van der Waals surface area contributed by atoms with Crippen LogP contribution in [0.25, 0.3) is 10.9 Å². The zero-order chi connectivity index (χ0) is 17.8. The normalized spacial score (nSPS) is 15.0. The van der Waals surface area contributed by atoms with Gasteiger partial charge in [0.25, 0.3) is 5.56 Å². The second kappa shape index (κ2) is 7.70. The Morgan fingerprint density at radius 3 is 2.60 bits per heavy atom. The van der Waals surface area contributed by atoms with Gasteiger partial charge in [0.05, 0.1) is 31.7 Å². The Kier molecular flexibility index (Phi) is 5.38. The van der Waals surface area contributed by atoms with Gasteiger partial charge in [-0.15, -0.1) is 6.58 Å². The molecule has 1 aromatic carbocycles. The van der Waals surface area contributed by atoms with Crippen LogP contribution in [0, 0.1) is 0 Å². The lowest BCUT2D eigenvalue weighted by atomic mass is 10.2. The van der Waals surface area contributed by atoms with Gasteiger partial charge in [-0.3, -0.25) is 9.69 Å². The summed E-state index contributed by atoms with van der Waals surface area (Å²) in [7, 11) is 3.12. The van der Waals surface area contributed by atoms with Gasteiger partial charge < -0.3 is 14.5 Å². The zero-order valence-electron chi connectivity index (χ0n) is 14.9. The van der Waals surface area contributed by atoms with Gasteiger partial charge in [0.2, 0.25) is 0 Å². The lowest BCUT2D eigenvalue weighted by Crippen LogP contribution is -2.34. The zero-order valence-corrected chi connectivity index (χ0v) is 14.9. The Hall–Kier alpha value is -2.34. The average Bonchev–Trinajstić information content (AvgIpc) is 3.15. The van der Waals surface area contributed by atoms with Crippen LogP contribution in [0.3, 0.4) is 0 Å². The van der Waals surface area contributed by atoms with Crippen LogP contribution in [0.4, 0.5) is 0 Å². The molecule has 0 amide bonds. The number of H-pyrrole nitrogens is 1. The minimum absolute atomic E-state index is 0.161. The lowest BCUT2D eigenvalue weighted by molar-refractivity contribution is 0.206. The summed E-state index contributed by atoms with van der Waals surface area (Å²) in [5.74, 6) is 1.76. The third-order valence-electron chi connectivity index (χ3n) is 4.82. The van der Waals surface area contributed by atoms with E-state index >= 15 is 0 Å². The van der Waals surface area contributed by atoms with E-state index in [4.69, 9.17) is 9.47 Å². The van der Waals surface area contributed by atoms with Crippen molar-refractivity contribution >= 4 is 10.9 Å². The first-order valence-electron chi connectivity index (χ1n) is 8.66. The average molecular weight is 343 g/mol. The molecule has 1 aromatic heterocycles. The van der Waals surface area contributed by atoms with E-state index < -0.39 is 0 Å². The SMILES string of the molecule is C=CCN(Cc1nc2cc(OC)c(OC)cc2c(=O)[nH]1)C1CCCC1. The number of hydrogen-bond acceptors (Lipinski definition) is 5. The van der Waals surface area contributed by atoms with E-state index in [0.29, 0.717) is 40.8 Å². The number of aromatic amines is 1. The summed E-state index contributed by atoms with van der Waals surface area (Å²) in [5.41, 5.74) is 0.451. The van der Waals surface area contributed by atoms with E-state index in [0.717, 1.165) is 6.54 Å². The van der Waals surface area contributed by atoms with E-state index in [1.807, 2.05) is 6.08 Å². The first-order chi connectivity index (χ1) is 12.2. The fourth-order valence-corrected chi connectivity index (χ4v) is 3.56. The molecule has 6 heteroatoms. The number of nitrogens with one attached hydrogen (secondary N) is 1. The predicted octanol–water partition coefficient (Wildman–Crippen LogP) is 2.87. The van der Waals surface area contributed by atoms with Crippen LogP contribution in [0.5, 0.6) is 11.5 Å². The number of nitrogens with zero attached hydrogens (tertiary/aromatic N) is 2. The topological polar surface area (TPSA) is 67.5 Å². The van der Waals surface area contributed by atoms with Crippen molar-refractivity contribution in [3.63, 3.8) is 0 Å². The fourth-order valence-electron chi connectivity index (χ4n) is 3.56. The molecule has 0 bridgehead atoms. The summed E-state index contributed by atoms with van der Waals surface area (Å²) in [6, 6.07) is 3.95. The summed E-state index contributed by atoms with van der Waals surface area (Å²) in [6.45, 7) is 5.26. The largest absolute Gasteiger partial charge is 0.493 e. The van der Waals surface area contributed by atoms with Crippen LogP contribution in [0.15, 0.2) is 29.6 Å². The molecule has 1 heterocycles. The van der Waals surface area contributed by atoms with Crippen molar-refractivity contribution in [2.75, 3.05) is 20.8 Å². The highest BCUT2D eigenvalue weighted by Crippen LogP contribution is 2.30. The van der Waals surface area contributed by atoms with Crippen molar-refractivity contribution < 1.29 is 9.47 Å².